The van der Waals surface area contributed by atoms with E-state index in [0.717, 1.165) is 11.5 Å². The molecule has 88 valence electrons. The number of aromatic nitrogens is 3. The SMILES string of the molecule is NC1COCC1c1nncn1-c1ccccc1. The van der Waals surface area contributed by atoms with Crippen molar-refractivity contribution in [3.05, 3.63) is 42.5 Å². The Morgan fingerprint density at radius 2 is 2.06 bits per heavy atom. The zero-order chi connectivity index (χ0) is 11.7. The van der Waals surface area contributed by atoms with Crippen LogP contribution in [0.15, 0.2) is 36.7 Å². The molecule has 5 heteroatoms. The van der Waals surface area contributed by atoms with Gasteiger partial charge in [0.05, 0.1) is 19.1 Å². The van der Waals surface area contributed by atoms with Crippen molar-refractivity contribution in [2.75, 3.05) is 13.2 Å². The average Bonchev–Trinajstić information content (AvgIpc) is 2.98. The van der Waals surface area contributed by atoms with Gasteiger partial charge in [-0.1, -0.05) is 18.2 Å². The molecule has 17 heavy (non-hydrogen) atoms. The Labute approximate surface area is 99.2 Å². The summed E-state index contributed by atoms with van der Waals surface area (Å²) < 4.78 is 7.35. The molecule has 1 aromatic heterocycles. The highest BCUT2D eigenvalue weighted by Crippen LogP contribution is 2.24. The third-order valence-corrected chi connectivity index (χ3v) is 3.06. The van der Waals surface area contributed by atoms with Crippen LogP contribution < -0.4 is 5.73 Å². The average molecular weight is 230 g/mol. The van der Waals surface area contributed by atoms with Gasteiger partial charge >= 0.3 is 0 Å². The smallest absolute Gasteiger partial charge is 0.144 e. The molecule has 0 bridgehead atoms. The largest absolute Gasteiger partial charge is 0.379 e. The maximum absolute atomic E-state index is 6.01. The predicted molar refractivity (Wildman–Crippen MR) is 62.9 cm³/mol. The molecular weight excluding hydrogens is 216 g/mol. The molecule has 2 heterocycles. The lowest BCUT2D eigenvalue weighted by Gasteiger charge is -2.13. The van der Waals surface area contributed by atoms with E-state index in [1.807, 2.05) is 34.9 Å². The number of rotatable bonds is 2. The maximum Gasteiger partial charge on any atom is 0.144 e. The Balaban J connectivity index is 2.00. The molecule has 0 aliphatic carbocycles. The lowest BCUT2D eigenvalue weighted by molar-refractivity contribution is 0.190. The topological polar surface area (TPSA) is 66.0 Å². The molecule has 1 saturated heterocycles. The highest BCUT2D eigenvalue weighted by atomic mass is 16.5. The second kappa shape index (κ2) is 4.27. The number of benzene rings is 1. The Morgan fingerprint density at radius 1 is 1.24 bits per heavy atom. The Morgan fingerprint density at radius 3 is 2.76 bits per heavy atom. The van der Waals surface area contributed by atoms with E-state index in [-0.39, 0.29) is 12.0 Å². The minimum Gasteiger partial charge on any atom is -0.379 e. The number of nitrogens with zero attached hydrogens (tertiary/aromatic N) is 3. The van der Waals surface area contributed by atoms with Crippen LogP contribution in [0.5, 0.6) is 0 Å². The lowest BCUT2D eigenvalue weighted by atomic mass is 10.0. The predicted octanol–water partition coefficient (Wildman–Crippen LogP) is 0.708. The molecule has 1 aliphatic rings. The Kier molecular flexibility index (Phi) is 2.62. The van der Waals surface area contributed by atoms with Gasteiger partial charge in [-0.15, -0.1) is 10.2 Å². The van der Waals surface area contributed by atoms with Gasteiger partial charge in [-0.3, -0.25) is 4.57 Å². The van der Waals surface area contributed by atoms with E-state index in [2.05, 4.69) is 10.2 Å². The van der Waals surface area contributed by atoms with E-state index in [1.54, 1.807) is 6.33 Å². The number of para-hydroxylation sites is 1. The maximum atomic E-state index is 6.01. The first kappa shape index (κ1) is 10.4. The van der Waals surface area contributed by atoms with Crippen LogP contribution in [-0.4, -0.2) is 34.0 Å². The van der Waals surface area contributed by atoms with Crippen molar-refractivity contribution >= 4 is 0 Å². The minimum absolute atomic E-state index is 0.00154. The molecule has 0 saturated carbocycles. The van der Waals surface area contributed by atoms with E-state index in [9.17, 15) is 0 Å². The standard InChI is InChI=1S/C12H14N4O/c13-11-7-17-6-10(11)12-15-14-8-16(12)9-4-2-1-3-5-9/h1-5,8,10-11H,6-7,13H2. The zero-order valence-corrected chi connectivity index (χ0v) is 9.36. The molecule has 0 spiro atoms. The molecule has 2 N–H and O–H groups in total. The van der Waals surface area contributed by atoms with Crippen molar-refractivity contribution < 1.29 is 4.74 Å². The number of nitrogens with two attached hydrogens (primary N) is 1. The quantitative estimate of drug-likeness (QED) is 0.825. The van der Waals surface area contributed by atoms with Gasteiger partial charge < -0.3 is 10.5 Å². The zero-order valence-electron chi connectivity index (χ0n) is 9.36. The van der Waals surface area contributed by atoms with E-state index >= 15 is 0 Å². The van der Waals surface area contributed by atoms with Crippen molar-refractivity contribution in [3.63, 3.8) is 0 Å². The molecule has 1 aromatic carbocycles. The highest BCUT2D eigenvalue weighted by molar-refractivity contribution is 5.33. The van der Waals surface area contributed by atoms with Crippen molar-refractivity contribution in [3.8, 4) is 5.69 Å². The molecular formula is C12H14N4O. The van der Waals surface area contributed by atoms with Crippen LogP contribution in [0.1, 0.15) is 11.7 Å². The van der Waals surface area contributed by atoms with E-state index in [1.165, 1.54) is 0 Å². The molecule has 2 aromatic rings. The van der Waals surface area contributed by atoms with Crippen LogP contribution in [-0.2, 0) is 4.74 Å². The number of ether oxygens (including phenoxy) is 1. The second-order valence-corrected chi connectivity index (χ2v) is 4.20. The highest BCUT2D eigenvalue weighted by Gasteiger charge is 2.30. The van der Waals surface area contributed by atoms with Gasteiger partial charge in [-0.25, -0.2) is 0 Å². The molecule has 1 aliphatic heterocycles. The fraction of sp³-hybridized carbons (Fsp3) is 0.333. The monoisotopic (exact) mass is 230 g/mol. The summed E-state index contributed by atoms with van der Waals surface area (Å²) in [5.41, 5.74) is 7.06. The summed E-state index contributed by atoms with van der Waals surface area (Å²) in [6.07, 6.45) is 1.72. The summed E-state index contributed by atoms with van der Waals surface area (Å²) >= 11 is 0. The molecule has 1 fully saturated rings. The second-order valence-electron chi connectivity index (χ2n) is 4.20. The van der Waals surface area contributed by atoms with Gasteiger partial charge in [-0.2, -0.15) is 0 Å². The van der Waals surface area contributed by atoms with Gasteiger partial charge in [-0.05, 0) is 12.1 Å². The van der Waals surface area contributed by atoms with Crippen molar-refractivity contribution in [1.82, 2.24) is 14.8 Å². The normalized spacial score (nSPS) is 24.1. The van der Waals surface area contributed by atoms with Crippen LogP contribution in [0.4, 0.5) is 0 Å². The lowest BCUT2D eigenvalue weighted by Crippen LogP contribution is -2.28. The van der Waals surface area contributed by atoms with Crippen molar-refractivity contribution in [2.24, 2.45) is 5.73 Å². The summed E-state index contributed by atoms with van der Waals surface area (Å²) in [5, 5.41) is 8.16. The third-order valence-electron chi connectivity index (χ3n) is 3.06. The summed E-state index contributed by atoms with van der Waals surface area (Å²) in [6.45, 7) is 1.21. The minimum atomic E-state index is 0.00154. The van der Waals surface area contributed by atoms with Gasteiger partial charge in [0.1, 0.15) is 12.2 Å². The van der Waals surface area contributed by atoms with Crippen LogP contribution in [0.25, 0.3) is 5.69 Å². The summed E-state index contributed by atoms with van der Waals surface area (Å²) in [6, 6.07) is 10.0. The summed E-state index contributed by atoms with van der Waals surface area (Å²) in [5.74, 6) is 0.999. The van der Waals surface area contributed by atoms with E-state index in [0.29, 0.717) is 13.2 Å². The summed E-state index contributed by atoms with van der Waals surface area (Å²) in [7, 11) is 0. The van der Waals surface area contributed by atoms with Crippen LogP contribution >= 0.6 is 0 Å². The molecule has 5 nitrogen and oxygen atoms in total. The summed E-state index contributed by atoms with van der Waals surface area (Å²) in [4.78, 5) is 0. The van der Waals surface area contributed by atoms with Crippen LogP contribution in [0.3, 0.4) is 0 Å². The van der Waals surface area contributed by atoms with Gasteiger partial charge in [0.15, 0.2) is 0 Å². The Hall–Kier alpha value is -1.72. The van der Waals surface area contributed by atoms with Crippen LogP contribution in [0, 0.1) is 0 Å². The molecule has 2 atom stereocenters. The first-order chi connectivity index (χ1) is 8.36. The Bertz CT molecular complexity index is 496. The van der Waals surface area contributed by atoms with Crippen LogP contribution in [0.2, 0.25) is 0 Å². The van der Waals surface area contributed by atoms with Gasteiger partial charge in [0, 0.05) is 11.7 Å². The fourth-order valence-electron chi connectivity index (χ4n) is 2.12. The molecule has 0 amide bonds. The van der Waals surface area contributed by atoms with Crippen molar-refractivity contribution in [2.45, 2.75) is 12.0 Å². The van der Waals surface area contributed by atoms with Gasteiger partial charge in [0.25, 0.3) is 0 Å². The first-order valence-electron chi connectivity index (χ1n) is 5.65. The van der Waals surface area contributed by atoms with Crippen molar-refractivity contribution in [1.29, 1.82) is 0 Å². The third kappa shape index (κ3) is 1.83. The number of hydrogen-bond donors (Lipinski definition) is 1. The number of hydrogen-bond acceptors (Lipinski definition) is 4. The molecule has 3 rings (SSSR count). The first-order valence-corrected chi connectivity index (χ1v) is 5.65. The van der Waals surface area contributed by atoms with E-state index < -0.39 is 0 Å². The molecule has 2 unspecified atom stereocenters. The fourth-order valence-corrected chi connectivity index (χ4v) is 2.12. The molecule has 0 radical (unpaired) electrons. The van der Waals surface area contributed by atoms with E-state index in [4.69, 9.17) is 10.5 Å². The van der Waals surface area contributed by atoms with Gasteiger partial charge in [0.2, 0.25) is 0 Å².